The zero-order valence-electron chi connectivity index (χ0n) is 13.2. The van der Waals surface area contributed by atoms with Crippen molar-refractivity contribution in [2.75, 3.05) is 13.7 Å². The summed E-state index contributed by atoms with van der Waals surface area (Å²) >= 11 is 0. The average molecular weight is 286 g/mol. The van der Waals surface area contributed by atoms with E-state index in [2.05, 4.69) is 42.6 Å². The van der Waals surface area contributed by atoms with Crippen LogP contribution in [0.25, 0.3) is 0 Å². The van der Waals surface area contributed by atoms with Gasteiger partial charge in [0.25, 0.3) is 0 Å². The molecule has 0 saturated heterocycles. The fraction of sp³-hybridized carbons (Fsp3) is 0.611. The first-order valence-electron chi connectivity index (χ1n) is 8.06. The molecule has 0 aliphatic heterocycles. The Balaban J connectivity index is 1.82. The quantitative estimate of drug-likeness (QED) is 0.831. The Morgan fingerprint density at radius 3 is 2.76 bits per heavy atom. The Morgan fingerprint density at radius 2 is 2.14 bits per heavy atom. The van der Waals surface area contributed by atoms with Crippen LogP contribution in [-0.4, -0.2) is 19.2 Å². The van der Waals surface area contributed by atoms with E-state index in [4.69, 9.17) is 4.74 Å². The normalized spacial score (nSPS) is 24.7. The summed E-state index contributed by atoms with van der Waals surface area (Å²) < 4.78 is 5.85. The van der Waals surface area contributed by atoms with E-state index in [0.29, 0.717) is 12.5 Å². The Kier molecular flexibility index (Phi) is 5.64. The lowest BCUT2D eigenvalue weighted by molar-refractivity contribution is 0.239. The first-order chi connectivity index (χ1) is 10.2. The van der Waals surface area contributed by atoms with E-state index in [1.165, 1.54) is 12.0 Å². The molecule has 1 aromatic rings. The lowest BCUT2D eigenvalue weighted by Crippen LogP contribution is -2.45. The van der Waals surface area contributed by atoms with Crippen LogP contribution in [-0.2, 0) is 6.42 Å². The molecular weight excluding hydrogens is 260 g/mol. The third-order valence-corrected chi connectivity index (χ3v) is 4.66. The van der Waals surface area contributed by atoms with Gasteiger partial charge in [-0.15, -0.1) is 0 Å². The Hall–Kier alpha value is -1.53. The summed E-state index contributed by atoms with van der Waals surface area (Å²) in [4.78, 5) is 0. The van der Waals surface area contributed by atoms with Gasteiger partial charge in [0.1, 0.15) is 11.3 Å². The summed E-state index contributed by atoms with van der Waals surface area (Å²) in [5.74, 6) is 1.33. The highest BCUT2D eigenvalue weighted by Crippen LogP contribution is 2.37. The third-order valence-electron chi connectivity index (χ3n) is 4.66. The van der Waals surface area contributed by atoms with E-state index in [1.54, 1.807) is 0 Å². The average Bonchev–Trinajstić information content (AvgIpc) is 2.93. The molecule has 3 nitrogen and oxygen atoms in total. The Bertz CT molecular complexity index is 477. The number of nitrogens with one attached hydrogen (secondary N) is 1. The van der Waals surface area contributed by atoms with Crippen LogP contribution in [0.15, 0.2) is 24.3 Å². The van der Waals surface area contributed by atoms with Crippen LogP contribution >= 0.6 is 0 Å². The van der Waals surface area contributed by atoms with Gasteiger partial charge in [-0.3, -0.25) is 0 Å². The summed E-state index contributed by atoms with van der Waals surface area (Å²) in [5, 5.41) is 12.7. The summed E-state index contributed by atoms with van der Waals surface area (Å²) in [6.07, 6.45) is 6.43. The van der Waals surface area contributed by atoms with Gasteiger partial charge in [-0.2, -0.15) is 5.26 Å². The minimum Gasteiger partial charge on any atom is -0.494 e. The molecule has 0 aromatic heterocycles. The van der Waals surface area contributed by atoms with Crippen molar-refractivity contribution in [3.8, 4) is 11.8 Å². The second-order valence-electron chi connectivity index (χ2n) is 5.95. The largest absolute Gasteiger partial charge is 0.494 e. The predicted octanol–water partition coefficient (Wildman–Crippen LogP) is 3.69. The molecule has 1 fully saturated rings. The van der Waals surface area contributed by atoms with Crippen molar-refractivity contribution in [3.05, 3.63) is 29.8 Å². The van der Waals surface area contributed by atoms with Crippen molar-refractivity contribution in [2.24, 2.45) is 5.92 Å². The summed E-state index contributed by atoms with van der Waals surface area (Å²) in [6.45, 7) is 2.87. The van der Waals surface area contributed by atoms with Crippen LogP contribution in [0, 0.1) is 17.2 Å². The molecule has 2 atom stereocenters. The minimum absolute atomic E-state index is 0.339. The highest BCUT2D eigenvalue weighted by Gasteiger charge is 2.41. The van der Waals surface area contributed by atoms with Crippen molar-refractivity contribution in [1.82, 2.24) is 5.32 Å². The number of rotatable bonds is 7. The van der Waals surface area contributed by atoms with Crippen LogP contribution in [0.3, 0.4) is 0 Å². The molecule has 0 spiro atoms. The number of nitrogens with zero attached hydrogens (tertiary/aromatic N) is 1. The number of aryl methyl sites for hydroxylation is 1. The SMILES string of the molecule is CCCc1ccc(OCCC2CCCC2(C#N)NC)cc1. The molecule has 0 amide bonds. The second-order valence-corrected chi connectivity index (χ2v) is 5.95. The standard InChI is InChI=1S/C18H26N2O/c1-3-5-15-7-9-17(10-8-15)21-13-11-16-6-4-12-18(16,14-19)20-2/h7-10,16,20H,3-6,11-13H2,1-2H3. The van der Waals surface area contributed by atoms with E-state index in [1.807, 2.05) is 7.05 Å². The predicted molar refractivity (Wildman–Crippen MR) is 85.3 cm³/mol. The lowest BCUT2D eigenvalue weighted by Gasteiger charge is -2.28. The maximum atomic E-state index is 9.43. The van der Waals surface area contributed by atoms with Crippen molar-refractivity contribution < 1.29 is 4.74 Å². The molecule has 1 saturated carbocycles. The summed E-state index contributed by atoms with van der Waals surface area (Å²) in [7, 11) is 1.90. The smallest absolute Gasteiger partial charge is 0.119 e. The van der Waals surface area contributed by atoms with E-state index in [9.17, 15) is 5.26 Å². The first-order valence-corrected chi connectivity index (χ1v) is 8.06. The highest BCUT2D eigenvalue weighted by atomic mass is 16.5. The van der Waals surface area contributed by atoms with Crippen molar-refractivity contribution in [3.63, 3.8) is 0 Å². The Morgan fingerprint density at radius 1 is 1.38 bits per heavy atom. The van der Waals surface area contributed by atoms with Crippen LogP contribution < -0.4 is 10.1 Å². The van der Waals surface area contributed by atoms with E-state index >= 15 is 0 Å². The number of hydrogen-bond acceptors (Lipinski definition) is 3. The molecule has 114 valence electrons. The fourth-order valence-corrected chi connectivity index (χ4v) is 3.36. The molecule has 3 heteroatoms. The monoisotopic (exact) mass is 286 g/mol. The number of nitriles is 1. The van der Waals surface area contributed by atoms with Gasteiger partial charge in [0.2, 0.25) is 0 Å². The molecule has 0 heterocycles. The molecule has 1 N–H and O–H groups in total. The van der Waals surface area contributed by atoms with Gasteiger partial charge in [0.15, 0.2) is 0 Å². The van der Waals surface area contributed by atoms with Crippen LogP contribution in [0.2, 0.25) is 0 Å². The fourth-order valence-electron chi connectivity index (χ4n) is 3.36. The van der Waals surface area contributed by atoms with Gasteiger partial charge < -0.3 is 10.1 Å². The van der Waals surface area contributed by atoms with E-state index in [0.717, 1.165) is 37.9 Å². The number of ether oxygens (including phenoxy) is 1. The first kappa shape index (κ1) is 15.9. The van der Waals surface area contributed by atoms with Gasteiger partial charge in [0.05, 0.1) is 12.7 Å². The van der Waals surface area contributed by atoms with Crippen LogP contribution in [0.4, 0.5) is 0 Å². The molecule has 2 rings (SSSR count). The summed E-state index contributed by atoms with van der Waals surface area (Å²) in [5.41, 5.74) is 1.02. The van der Waals surface area contributed by atoms with Gasteiger partial charge in [0, 0.05) is 0 Å². The van der Waals surface area contributed by atoms with Crippen molar-refractivity contribution in [1.29, 1.82) is 5.26 Å². The molecular formula is C18H26N2O. The number of benzene rings is 1. The zero-order valence-corrected chi connectivity index (χ0v) is 13.2. The maximum Gasteiger partial charge on any atom is 0.119 e. The van der Waals surface area contributed by atoms with Gasteiger partial charge in [-0.1, -0.05) is 31.9 Å². The molecule has 21 heavy (non-hydrogen) atoms. The van der Waals surface area contributed by atoms with Gasteiger partial charge >= 0.3 is 0 Å². The molecule has 1 aromatic carbocycles. The third kappa shape index (κ3) is 3.77. The van der Waals surface area contributed by atoms with Crippen molar-refractivity contribution in [2.45, 2.75) is 51.0 Å². The zero-order chi connectivity index (χ0) is 15.1. The van der Waals surface area contributed by atoms with Gasteiger partial charge in [-0.05, 0) is 56.3 Å². The van der Waals surface area contributed by atoms with Crippen molar-refractivity contribution >= 4 is 0 Å². The molecule has 0 bridgehead atoms. The Labute approximate surface area is 128 Å². The second kappa shape index (κ2) is 7.47. The molecule has 1 aliphatic rings. The minimum atomic E-state index is -0.339. The number of hydrogen-bond donors (Lipinski definition) is 1. The van der Waals surface area contributed by atoms with E-state index in [-0.39, 0.29) is 5.54 Å². The van der Waals surface area contributed by atoms with Gasteiger partial charge in [-0.25, -0.2) is 0 Å². The summed E-state index contributed by atoms with van der Waals surface area (Å²) in [6, 6.07) is 10.9. The van der Waals surface area contributed by atoms with Crippen LogP contribution in [0.5, 0.6) is 5.75 Å². The highest BCUT2D eigenvalue weighted by molar-refractivity contribution is 5.27. The maximum absolute atomic E-state index is 9.43. The van der Waals surface area contributed by atoms with E-state index < -0.39 is 0 Å². The molecule has 1 aliphatic carbocycles. The topological polar surface area (TPSA) is 45.0 Å². The molecule has 0 radical (unpaired) electrons. The lowest BCUT2D eigenvalue weighted by atomic mass is 9.86. The van der Waals surface area contributed by atoms with Crippen LogP contribution in [0.1, 0.15) is 44.6 Å². The molecule has 2 unspecified atom stereocenters.